The average Bonchev–Trinajstić information content (AvgIpc) is 2.04. The van der Waals surface area contributed by atoms with Crippen molar-refractivity contribution in [3.8, 4) is 0 Å². The first-order valence-electron chi connectivity index (χ1n) is 3.16. The van der Waals surface area contributed by atoms with Crippen molar-refractivity contribution in [2.45, 2.75) is 0 Å². The van der Waals surface area contributed by atoms with Crippen LogP contribution in [-0.4, -0.2) is 9.97 Å². The summed E-state index contributed by atoms with van der Waals surface area (Å²) >= 11 is 5.59. The van der Waals surface area contributed by atoms with Gasteiger partial charge < -0.3 is 4.98 Å². The van der Waals surface area contributed by atoms with E-state index in [-0.39, 0.29) is 32.7 Å². The maximum Gasteiger partial charge on any atom is 3.00 e. The second-order valence-corrected chi connectivity index (χ2v) is 2.47. The average molecular weight is 252 g/mol. The van der Waals surface area contributed by atoms with Crippen molar-refractivity contribution < 1.29 is 32.7 Å². The molecule has 1 aromatic carbocycles. The van der Waals surface area contributed by atoms with Gasteiger partial charge in [0.25, 0.3) is 0 Å². The summed E-state index contributed by atoms with van der Waals surface area (Å²) in [5.74, 6) is 0. The third-order valence-electron chi connectivity index (χ3n) is 1.37. The van der Waals surface area contributed by atoms with Gasteiger partial charge in [-0.3, -0.25) is 4.98 Å². The van der Waals surface area contributed by atoms with Crippen molar-refractivity contribution >= 4 is 22.6 Å². The minimum atomic E-state index is 0. The summed E-state index contributed by atoms with van der Waals surface area (Å²) in [4.78, 5) is 7.98. The number of para-hydroxylation sites is 2. The van der Waals surface area contributed by atoms with Crippen molar-refractivity contribution in [3.63, 3.8) is 0 Å². The van der Waals surface area contributed by atoms with Crippen LogP contribution in [0.3, 0.4) is 0 Å². The molecule has 0 aliphatic carbocycles. The normalized spacial score (nSPS) is 9.42. The largest absolute Gasteiger partial charge is 3.00 e. The van der Waals surface area contributed by atoms with Gasteiger partial charge in [-0.1, -0.05) is 35.3 Å². The molecular formula is C8H4ClN2Y+2. The van der Waals surface area contributed by atoms with Gasteiger partial charge in [-0.05, 0) is 0 Å². The van der Waals surface area contributed by atoms with E-state index in [0.717, 1.165) is 11.0 Å². The van der Waals surface area contributed by atoms with E-state index in [9.17, 15) is 0 Å². The molecule has 1 heterocycles. The van der Waals surface area contributed by atoms with E-state index in [0.29, 0.717) is 5.15 Å². The Morgan fingerprint density at radius 1 is 1.17 bits per heavy atom. The summed E-state index contributed by atoms with van der Waals surface area (Å²) in [6.07, 6.45) is 2.58. The Kier molecular flexibility index (Phi) is 3.57. The van der Waals surface area contributed by atoms with E-state index in [1.54, 1.807) is 0 Å². The van der Waals surface area contributed by atoms with Gasteiger partial charge in [0.05, 0.1) is 5.15 Å². The zero-order valence-corrected chi connectivity index (χ0v) is 9.75. The number of aromatic nitrogens is 2. The van der Waals surface area contributed by atoms with Crippen molar-refractivity contribution in [1.29, 1.82) is 0 Å². The molecule has 0 amide bonds. The third kappa shape index (κ3) is 2.00. The fourth-order valence-corrected chi connectivity index (χ4v) is 1.02. The fourth-order valence-electron chi connectivity index (χ4n) is 0.890. The number of benzene rings is 1. The Bertz CT molecular complexity index is 391. The number of hydrogen-bond acceptors (Lipinski definition) is 2. The summed E-state index contributed by atoms with van der Waals surface area (Å²) in [6, 6.07) is 7.53. The Hall–Kier alpha value is -0.0461. The van der Waals surface area contributed by atoms with Gasteiger partial charge in [0.1, 0.15) is 0 Å². The molecule has 0 unspecified atom stereocenters. The van der Waals surface area contributed by atoms with Crippen LogP contribution in [0.2, 0.25) is 5.15 Å². The Labute approximate surface area is 100 Å². The van der Waals surface area contributed by atoms with E-state index in [1.807, 2.05) is 24.3 Å². The topological polar surface area (TPSA) is 25.8 Å². The van der Waals surface area contributed by atoms with Gasteiger partial charge in [-0.2, -0.15) is 0 Å². The van der Waals surface area contributed by atoms with Crippen LogP contribution in [0.25, 0.3) is 11.0 Å². The summed E-state index contributed by atoms with van der Waals surface area (Å²) < 4.78 is 0. The monoisotopic (exact) mass is 252 g/mol. The molecule has 1 aromatic heterocycles. The number of fused-ring (bicyclic) bond motifs is 1. The van der Waals surface area contributed by atoms with Crippen LogP contribution in [0.5, 0.6) is 0 Å². The molecule has 2 aromatic rings. The van der Waals surface area contributed by atoms with Gasteiger partial charge >= 0.3 is 32.7 Å². The van der Waals surface area contributed by atoms with Crippen molar-refractivity contribution in [2.24, 2.45) is 0 Å². The van der Waals surface area contributed by atoms with E-state index in [1.165, 1.54) is 0 Å². The van der Waals surface area contributed by atoms with Gasteiger partial charge in [0.2, 0.25) is 0 Å². The molecule has 0 aliphatic rings. The maximum absolute atomic E-state index is 5.59. The van der Waals surface area contributed by atoms with Crippen LogP contribution < -0.4 is 0 Å². The van der Waals surface area contributed by atoms with E-state index >= 15 is 0 Å². The molecule has 0 saturated carbocycles. The quantitative estimate of drug-likeness (QED) is 0.671. The minimum Gasteiger partial charge on any atom is -0.447 e. The first-order valence-corrected chi connectivity index (χ1v) is 3.54. The Balaban J connectivity index is 0.000000720. The molecule has 0 radical (unpaired) electrons. The summed E-state index contributed by atoms with van der Waals surface area (Å²) in [5, 5.41) is 0.309. The van der Waals surface area contributed by atoms with Gasteiger partial charge in [0, 0.05) is 5.52 Å². The number of nitrogens with zero attached hydrogens (tertiary/aromatic N) is 2. The molecule has 2 rings (SSSR count). The molecule has 0 aliphatic heterocycles. The van der Waals surface area contributed by atoms with Crippen LogP contribution in [0.4, 0.5) is 0 Å². The standard InChI is InChI=1S/C8H4ClN2.Y/c9-8-5-10-6-3-1-2-4-7(6)11-8;/h1-4H;/q-1;+3. The SMILES string of the molecule is Clc1[c-]nc2ccccc2n1.[Y+3]. The molecule has 2 nitrogen and oxygen atoms in total. The zero-order chi connectivity index (χ0) is 7.68. The van der Waals surface area contributed by atoms with Crippen LogP contribution in [-0.2, 0) is 32.7 Å². The minimum absolute atomic E-state index is 0. The summed E-state index contributed by atoms with van der Waals surface area (Å²) in [5.41, 5.74) is 1.62. The summed E-state index contributed by atoms with van der Waals surface area (Å²) in [6.45, 7) is 0. The molecule has 0 spiro atoms. The molecule has 0 bridgehead atoms. The van der Waals surface area contributed by atoms with Crippen LogP contribution in [0, 0.1) is 6.20 Å². The second kappa shape index (κ2) is 4.26. The zero-order valence-electron chi connectivity index (χ0n) is 6.16. The maximum atomic E-state index is 5.59. The predicted molar refractivity (Wildman–Crippen MR) is 43.4 cm³/mol. The van der Waals surface area contributed by atoms with Gasteiger partial charge in [-0.25, -0.2) is 0 Å². The van der Waals surface area contributed by atoms with E-state index in [2.05, 4.69) is 16.2 Å². The molecule has 12 heavy (non-hydrogen) atoms. The van der Waals surface area contributed by atoms with Gasteiger partial charge in [-0.15, -0.1) is 12.3 Å². The molecule has 0 saturated heterocycles. The van der Waals surface area contributed by atoms with Crippen LogP contribution in [0.15, 0.2) is 24.3 Å². The molecular weight excluding hydrogens is 248 g/mol. The smallest absolute Gasteiger partial charge is 0.447 e. The second-order valence-electron chi connectivity index (χ2n) is 2.11. The number of hydrogen-bond donors (Lipinski definition) is 0. The van der Waals surface area contributed by atoms with Crippen LogP contribution >= 0.6 is 11.6 Å². The van der Waals surface area contributed by atoms with E-state index < -0.39 is 0 Å². The molecule has 54 valence electrons. The molecule has 4 heteroatoms. The van der Waals surface area contributed by atoms with Crippen molar-refractivity contribution in [1.82, 2.24) is 9.97 Å². The van der Waals surface area contributed by atoms with Gasteiger partial charge in [0.15, 0.2) is 0 Å². The van der Waals surface area contributed by atoms with Crippen molar-refractivity contribution in [2.75, 3.05) is 0 Å². The third-order valence-corrected chi connectivity index (χ3v) is 1.54. The molecule has 0 N–H and O–H groups in total. The van der Waals surface area contributed by atoms with Crippen LogP contribution in [0.1, 0.15) is 0 Å². The summed E-state index contributed by atoms with van der Waals surface area (Å²) in [7, 11) is 0. The molecule has 0 atom stereocenters. The Morgan fingerprint density at radius 2 is 1.83 bits per heavy atom. The van der Waals surface area contributed by atoms with E-state index in [4.69, 9.17) is 11.6 Å². The van der Waals surface area contributed by atoms with Crippen molar-refractivity contribution in [3.05, 3.63) is 35.6 Å². The first-order chi connectivity index (χ1) is 5.36. The number of rotatable bonds is 0. The number of halogens is 1. The predicted octanol–water partition coefficient (Wildman–Crippen LogP) is 2.08. The first kappa shape index (κ1) is 10.0. The fraction of sp³-hybridized carbons (Fsp3) is 0. The molecule has 0 fully saturated rings. The Morgan fingerprint density at radius 3 is 2.58 bits per heavy atom.